The highest BCUT2D eigenvalue weighted by Gasteiger charge is 2.25. The number of rotatable bonds is 7. The van der Waals surface area contributed by atoms with Crippen LogP contribution in [0.2, 0.25) is 0 Å². The van der Waals surface area contributed by atoms with E-state index in [4.69, 9.17) is 11.5 Å². The van der Waals surface area contributed by atoms with Gasteiger partial charge >= 0.3 is 0 Å². The maximum Gasteiger partial charge on any atom is 0.237 e. The van der Waals surface area contributed by atoms with Crippen LogP contribution in [0.4, 0.5) is 0 Å². The zero-order chi connectivity index (χ0) is 12.1. The van der Waals surface area contributed by atoms with Crippen molar-refractivity contribution in [2.75, 3.05) is 20.1 Å². The molecule has 0 aromatic carbocycles. The van der Waals surface area contributed by atoms with E-state index in [9.17, 15) is 9.59 Å². The fraction of sp³-hybridized carbons (Fsp3) is 0.800. The summed E-state index contributed by atoms with van der Waals surface area (Å²) in [5.41, 5.74) is 10.4. The third kappa shape index (κ3) is 4.59. The highest BCUT2D eigenvalue weighted by atomic mass is 16.2. The van der Waals surface area contributed by atoms with Gasteiger partial charge in [0.15, 0.2) is 0 Å². The number of nitrogens with two attached hydrogens (primary N) is 2. The Balaban J connectivity index is 2.11. The SMILES string of the molecule is CN(CCNC(=O)C(N)CC(N)=O)C1CC1. The highest BCUT2D eigenvalue weighted by Crippen LogP contribution is 2.24. The van der Waals surface area contributed by atoms with Gasteiger partial charge in [-0.25, -0.2) is 0 Å². The minimum atomic E-state index is -0.830. The first-order valence-corrected chi connectivity index (χ1v) is 5.52. The lowest BCUT2D eigenvalue weighted by Crippen LogP contribution is -2.45. The van der Waals surface area contributed by atoms with Crippen molar-refractivity contribution in [3.05, 3.63) is 0 Å². The lowest BCUT2D eigenvalue weighted by atomic mass is 10.2. The topological polar surface area (TPSA) is 101 Å². The minimum Gasteiger partial charge on any atom is -0.370 e. The molecule has 0 aromatic rings. The normalized spacial score (nSPS) is 17.2. The van der Waals surface area contributed by atoms with Gasteiger partial charge in [0, 0.05) is 19.1 Å². The number of carbonyl (C=O) groups excluding carboxylic acids is 2. The molecule has 0 heterocycles. The summed E-state index contributed by atoms with van der Waals surface area (Å²) in [5, 5.41) is 2.69. The molecule has 2 amide bonds. The predicted octanol–water partition coefficient (Wildman–Crippen LogP) is -1.60. The summed E-state index contributed by atoms with van der Waals surface area (Å²) in [6.07, 6.45) is 2.38. The van der Waals surface area contributed by atoms with E-state index in [-0.39, 0.29) is 12.3 Å². The molecule has 5 N–H and O–H groups in total. The third-order valence-corrected chi connectivity index (χ3v) is 2.69. The van der Waals surface area contributed by atoms with E-state index >= 15 is 0 Å². The van der Waals surface area contributed by atoms with Crippen molar-refractivity contribution >= 4 is 11.8 Å². The maximum atomic E-state index is 11.4. The van der Waals surface area contributed by atoms with Crippen molar-refractivity contribution in [3.8, 4) is 0 Å². The standard InChI is InChI=1S/C10H20N4O2/c1-14(7-2-3-7)5-4-13-10(16)8(11)6-9(12)15/h7-8H,2-6,11H2,1H3,(H2,12,15)(H,13,16). The number of likely N-dealkylation sites (N-methyl/N-ethyl adjacent to an activating group) is 1. The number of carbonyl (C=O) groups is 2. The van der Waals surface area contributed by atoms with Crippen LogP contribution >= 0.6 is 0 Å². The van der Waals surface area contributed by atoms with Crippen molar-refractivity contribution in [1.29, 1.82) is 0 Å². The number of primary amides is 1. The Labute approximate surface area is 95.3 Å². The van der Waals surface area contributed by atoms with E-state index in [0.29, 0.717) is 12.6 Å². The van der Waals surface area contributed by atoms with Crippen LogP contribution in [0, 0.1) is 0 Å². The quantitative estimate of drug-likeness (QED) is 0.488. The van der Waals surface area contributed by atoms with Gasteiger partial charge in [0.2, 0.25) is 11.8 Å². The second kappa shape index (κ2) is 5.81. The van der Waals surface area contributed by atoms with Crippen LogP contribution in [0.15, 0.2) is 0 Å². The lowest BCUT2D eigenvalue weighted by Gasteiger charge is -2.16. The minimum absolute atomic E-state index is 0.107. The number of amides is 2. The molecule has 6 nitrogen and oxygen atoms in total. The molecule has 6 heteroatoms. The van der Waals surface area contributed by atoms with Crippen molar-refractivity contribution in [3.63, 3.8) is 0 Å². The Morgan fingerprint density at radius 1 is 1.50 bits per heavy atom. The first kappa shape index (κ1) is 12.9. The van der Waals surface area contributed by atoms with E-state index in [1.165, 1.54) is 12.8 Å². The molecular weight excluding hydrogens is 208 g/mol. The van der Waals surface area contributed by atoms with Gasteiger partial charge in [0.05, 0.1) is 12.5 Å². The zero-order valence-electron chi connectivity index (χ0n) is 9.61. The van der Waals surface area contributed by atoms with Gasteiger partial charge in [0.1, 0.15) is 0 Å². The molecule has 0 aliphatic heterocycles. The van der Waals surface area contributed by atoms with E-state index in [0.717, 1.165) is 6.54 Å². The summed E-state index contributed by atoms with van der Waals surface area (Å²) in [6.45, 7) is 1.36. The smallest absolute Gasteiger partial charge is 0.237 e. The number of nitrogens with one attached hydrogen (secondary N) is 1. The molecule has 1 rings (SSSR count). The lowest BCUT2D eigenvalue weighted by molar-refractivity contribution is -0.126. The summed E-state index contributed by atoms with van der Waals surface area (Å²) < 4.78 is 0. The van der Waals surface area contributed by atoms with Crippen molar-refractivity contribution in [2.24, 2.45) is 11.5 Å². The van der Waals surface area contributed by atoms with E-state index in [1.54, 1.807) is 0 Å². The van der Waals surface area contributed by atoms with Gasteiger partial charge in [-0.2, -0.15) is 0 Å². The Bertz CT molecular complexity index is 266. The molecule has 16 heavy (non-hydrogen) atoms. The van der Waals surface area contributed by atoms with Crippen LogP contribution < -0.4 is 16.8 Å². The molecule has 1 aliphatic rings. The van der Waals surface area contributed by atoms with Crippen LogP contribution in [-0.4, -0.2) is 48.9 Å². The van der Waals surface area contributed by atoms with E-state index in [1.807, 2.05) is 7.05 Å². The number of nitrogens with zero attached hydrogens (tertiary/aromatic N) is 1. The Morgan fingerprint density at radius 2 is 2.12 bits per heavy atom. The predicted molar refractivity (Wildman–Crippen MR) is 60.4 cm³/mol. The van der Waals surface area contributed by atoms with Crippen LogP contribution in [0.25, 0.3) is 0 Å². The molecule has 0 saturated heterocycles. The van der Waals surface area contributed by atoms with Crippen molar-refractivity contribution in [2.45, 2.75) is 31.3 Å². The third-order valence-electron chi connectivity index (χ3n) is 2.69. The molecule has 0 radical (unpaired) electrons. The van der Waals surface area contributed by atoms with Gasteiger partial charge in [-0.15, -0.1) is 0 Å². The fourth-order valence-electron chi connectivity index (χ4n) is 1.49. The molecule has 1 atom stereocenters. The van der Waals surface area contributed by atoms with Gasteiger partial charge in [-0.3, -0.25) is 9.59 Å². The first-order valence-electron chi connectivity index (χ1n) is 5.52. The molecule has 1 fully saturated rings. The molecule has 1 aliphatic carbocycles. The summed E-state index contributed by atoms with van der Waals surface area (Å²) in [6, 6.07) is -0.153. The summed E-state index contributed by atoms with van der Waals surface area (Å²) in [7, 11) is 2.03. The maximum absolute atomic E-state index is 11.4. The highest BCUT2D eigenvalue weighted by molar-refractivity contribution is 5.87. The molecule has 1 saturated carbocycles. The summed E-state index contributed by atoms with van der Waals surface area (Å²) >= 11 is 0. The van der Waals surface area contributed by atoms with E-state index in [2.05, 4.69) is 10.2 Å². The molecule has 0 aromatic heterocycles. The Hall–Kier alpha value is -1.14. The second-order valence-corrected chi connectivity index (χ2v) is 4.28. The van der Waals surface area contributed by atoms with Crippen LogP contribution in [0.5, 0.6) is 0 Å². The largest absolute Gasteiger partial charge is 0.370 e. The average molecular weight is 228 g/mol. The molecule has 1 unspecified atom stereocenters. The van der Waals surface area contributed by atoms with Crippen molar-refractivity contribution < 1.29 is 9.59 Å². The Morgan fingerprint density at radius 3 is 2.62 bits per heavy atom. The fourth-order valence-corrected chi connectivity index (χ4v) is 1.49. The molecule has 92 valence electrons. The zero-order valence-corrected chi connectivity index (χ0v) is 9.61. The van der Waals surface area contributed by atoms with Crippen LogP contribution in [0.1, 0.15) is 19.3 Å². The molecular formula is C10H20N4O2. The van der Waals surface area contributed by atoms with Crippen LogP contribution in [-0.2, 0) is 9.59 Å². The van der Waals surface area contributed by atoms with E-state index < -0.39 is 11.9 Å². The second-order valence-electron chi connectivity index (χ2n) is 4.28. The molecule has 0 spiro atoms. The van der Waals surface area contributed by atoms with Crippen LogP contribution in [0.3, 0.4) is 0 Å². The number of hydrogen-bond acceptors (Lipinski definition) is 4. The van der Waals surface area contributed by atoms with Gasteiger partial charge in [0.25, 0.3) is 0 Å². The monoisotopic (exact) mass is 228 g/mol. The first-order chi connectivity index (χ1) is 7.50. The number of hydrogen-bond donors (Lipinski definition) is 3. The summed E-state index contributed by atoms with van der Waals surface area (Å²) in [5.74, 6) is -0.874. The van der Waals surface area contributed by atoms with Gasteiger partial charge in [-0.05, 0) is 19.9 Å². The van der Waals surface area contributed by atoms with Gasteiger partial charge in [-0.1, -0.05) is 0 Å². The van der Waals surface area contributed by atoms with Gasteiger partial charge < -0.3 is 21.7 Å². The van der Waals surface area contributed by atoms with Crippen molar-refractivity contribution in [1.82, 2.24) is 10.2 Å². The summed E-state index contributed by atoms with van der Waals surface area (Å²) in [4.78, 5) is 24.1. The molecule has 0 bridgehead atoms. The Kier molecular flexibility index (Phi) is 4.70. The average Bonchev–Trinajstić information content (AvgIpc) is 2.99.